The molecule has 0 fully saturated rings. The SMILES string of the molecule is CCN(C(=O)c1ccc(SC(F)(F)F)cc1)c1cn(-c2cccnc2)nc1Cl. The summed E-state index contributed by atoms with van der Waals surface area (Å²) in [4.78, 5) is 18.3. The van der Waals surface area contributed by atoms with Crippen LogP contribution in [0.15, 0.2) is 59.9 Å². The normalized spacial score (nSPS) is 11.5. The molecule has 10 heteroatoms. The molecule has 0 aliphatic heterocycles. The molecule has 1 amide bonds. The second kappa shape index (κ2) is 8.24. The van der Waals surface area contributed by atoms with Crippen molar-refractivity contribution in [3.05, 3.63) is 65.7 Å². The Balaban J connectivity index is 1.85. The summed E-state index contributed by atoms with van der Waals surface area (Å²) in [5.41, 5.74) is -3.06. The fourth-order valence-electron chi connectivity index (χ4n) is 2.52. The van der Waals surface area contributed by atoms with E-state index < -0.39 is 11.4 Å². The summed E-state index contributed by atoms with van der Waals surface area (Å²) in [5, 5.41) is 4.33. The van der Waals surface area contributed by atoms with E-state index in [9.17, 15) is 18.0 Å². The van der Waals surface area contributed by atoms with E-state index in [1.807, 2.05) is 0 Å². The van der Waals surface area contributed by atoms with Crippen LogP contribution in [0.25, 0.3) is 5.69 Å². The lowest BCUT2D eigenvalue weighted by molar-refractivity contribution is -0.0328. The van der Waals surface area contributed by atoms with Gasteiger partial charge in [-0.15, -0.1) is 0 Å². The van der Waals surface area contributed by atoms with Crippen molar-refractivity contribution in [3.8, 4) is 5.69 Å². The van der Waals surface area contributed by atoms with Gasteiger partial charge in [-0.25, -0.2) is 4.68 Å². The van der Waals surface area contributed by atoms with Crippen LogP contribution in [0.1, 0.15) is 17.3 Å². The van der Waals surface area contributed by atoms with Crippen molar-refractivity contribution in [1.82, 2.24) is 14.8 Å². The Morgan fingerprint density at radius 3 is 2.54 bits per heavy atom. The number of halogens is 4. The zero-order chi connectivity index (χ0) is 20.3. The number of rotatable bonds is 5. The highest BCUT2D eigenvalue weighted by atomic mass is 35.5. The van der Waals surface area contributed by atoms with Crippen molar-refractivity contribution in [2.75, 3.05) is 11.4 Å². The Labute approximate surface area is 168 Å². The predicted octanol–water partition coefficient (Wildman–Crippen LogP) is 5.20. The average Bonchev–Trinajstić information content (AvgIpc) is 3.04. The van der Waals surface area contributed by atoms with Crippen LogP contribution in [0.4, 0.5) is 18.9 Å². The van der Waals surface area contributed by atoms with E-state index in [4.69, 9.17) is 11.6 Å². The number of thioether (sulfide) groups is 1. The van der Waals surface area contributed by atoms with Gasteiger partial charge in [0.1, 0.15) is 5.69 Å². The first-order valence-electron chi connectivity index (χ1n) is 8.11. The number of hydrogen-bond acceptors (Lipinski definition) is 4. The van der Waals surface area contributed by atoms with Crippen LogP contribution in [0.2, 0.25) is 5.15 Å². The number of aromatic nitrogens is 3. The van der Waals surface area contributed by atoms with Gasteiger partial charge < -0.3 is 4.90 Å². The first-order valence-corrected chi connectivity index (χ1v) is 9.31. The molecular formula is C18H14ClF3N4OS. The van der Waals surface area contributed by atoms with Crippen molar-refractivity contribution < 1.29 is 18.0 Å². The van der Waals surface area contributed by atoms with Gasteiger partial charge >= 0.3 is 5.51 Å². The molecule has 146 valence electrons. The van der Waals surface area contributed by atoms with Crippen LogP contribution < -0.4 is 4.90 Å². The van der Waals surface area contributed by atoms with Crippen LogP contribution in [0.3, 0.4) is 0 Å². The maximum Gasteiger partial charge on any atom is 0.446 e. The summed E-state index contributed by atoms with van der Waals surface area (Å²) in [7, 11) is 0. The van der Waals surface area contributed by atoms with Gasteiger partial charge in [0.15, 0.2) is 5.15 Å². The van der Waals surface area contributed by atoms with E-state index in [0.29, 0.717) is 17.9 Å². The van der Waals surface area contributed by atoms with Gasteiger partial charge in [0.25, 0.3) is 5.91 Å². The van der Waals surface area contributed by atoms with Crippen molar-refractivity contribution in [3.63, 3.8) is 0 Å². The van der Waals surface area contributed by atoms with E-state index in [0.717, 1.165) is 0 Å². The highest BCUT2D eigenvalue weighted by Gasteiger charge is 2.29. The molecular weight excluding hydrogens is 413 g/mol. The smallest absolute Gasteiger partial charge is 0.304 e. The monoisotopic (exact) mass is 426 g/mol. The number of benzene rings is 1. The van der Waals surface area contributed by atoms with Gasteiger partial charge in [-0.1, -0.05) is 11.6 Å². The number of amides is 1. The summed E-state index contributed by atoms with van der Waals surface area (Å²) in [6.45, 7) is 2.07. The third-order valence-corrected chi connectivity index (χ3v) is 4.76. The Morgan fingerprint density at radius 1 is 1.25 bits per heavy atom. The van der Waals surface area contributed by atoms with Gasteiger partial charge in [0.05, 0.1) is 18.1 Å². The molecule has 0 radical (unpaired) electrons. The quantitative estimate of drug-likeness (QED) is 0.526. The van der Waals surface area contributed by atoms with Crippen LogP contribution in [0.5, 0.6) is 0 Å². The molecule has 2 aromatic heterocycles. The minimum absolute atomic E-state index is 0.00882. The summed E-state index contributed by atoms with van der Waals surface area (Å²) in [6.07, 6.45) is 4.83. The number of nitrogens with zero attached hydrogens (tertiary/aromatic N) is 4. The fraction of sp³-hybridized carbons (Fsp3) is 0.167. The van der Waals surface area contributed by atoms with Crippen molar-refractivity contribution >= 4 is 35.0 Å². The lowest BCUT2D eigenvalue weighted by Crippen LogP contribution is -2.30. The molecule has 0 saturated heterocycles. The lowest BCUT2D eigenvalue weighted by Gasteiger charge is -2.19. The molecule has 0 atom stereocenters. The van der Waals surface area contributed by atoms with Crippen LogP contribution in [-0.4, -0.2) is 32.7 Å². The first kappa shape index (κ1) is 20.2. The molecule has 3 aromatic rings. The standard InChI is InChI=1S/C18H14ClF3N4OS/c1-2-25(15-11-26(24-16(15)19)13-4-3-9-23-10-13)17(27)12-5-7-14(8-6-12)28-18(20,21)22/h3-11H,2H2,1H3. The molecule has 0 N–H and O–H groups in total. The maximum atomic E-state index is 12.9. The molecule has 28 heavy (non-hydrogen) atoms. The van der Waals surface area contributed by atoms with Crippen molar-refractivity contribution in [1.29, 1.82) is 0 Å². The van der Waals surface area contributed by atoms with E-state index in [2.05, 4.69) is 10.1 Å². The summed E-state index contributed by atoms with van der Waals surface area (Å²) < 4.78 is 38.9. The molecule has 0 aliphatic rings. The summed E-state index contributed by atoms with van der Waals surface area (Å²) >= 11 is 5.99. The molecule has 0 unspecified atom stereocenters. The summed E-state index contributed by atoms with van der Waals surface area (Å²) in [5.74, 6) is -0.390. The zero-order valence-corrected chi connectivity index (χ0v) is 16.1. The van der Waals surface area contributed by atoms with Gasteiger partial charge in [-0.2, -0.15) is 18.3 Å². The molecule has 2 heterocycles. The predicted molar refractivity (Wildman–Crippen MR) is 102 cm³/mol. The number of anilines is 1. The molecule has 5 nitrogen and oxygen atoms in total. The second-order valence-corrected chi connectivity index (χ2v) is 7.08. The van der Waals surface area contributed by atoms with E-state index >= 15 is 0 Å². The first-order chi connectivity index (χ1) is 13.3. The van der Waals surface area contributed by atoms with Crippen LogP contribution in [0, 0.1) is 0 Å². The number of carbonyl (C=O) groups is 1. The third kappa shape index (κ3) is 4.66. The van der Waals surface area contributed by atoms with Crippen LogP contribution >= 0.6 is 23.4 Å². The largest absolute Gasteiger partial charge is 0.446 e. The zero-order valence-electron chi connectivity index (χ0n) is 14.5. The van der Waals surface area contributed by atoms with Crippen molar-refractivity contribution in [2.45, 2.75) is 17.3 Å². The van der Waals surface area contributed by atoms with Gasteiger partial charge in [-0.05, 0) is 55.1 Å². The van der Waals surface area contributed by atoms with Gasteiger partial charge in [0.2, 0.25) is 0 Å². The number of alkyl halides is 3. The number of hydrogen-bond donors (Lipinski definition) is 0. The summed E-state index contributed by atoms with van der Waals surface area (Å²) in [6, 6.07) is 8.78. The number of pyridine rings is 1. The van der Waals surface area contributed by atoms with Gasteiger partial charge in [-0.3, -0.25) is 9.78 Å². The molecule has 0 spiro atoms. The van der Waals surface area contributed by atoms with Gasteiger partial charge in [0, 0.05) is 23.2 Å². The lowest BCUT2D eigenvalue weighted by atomic mass is 10.2. The molecule has 1 aromatic carbocycles. The molecule has 0 bridgehead atoms. The minimum atomic E-state index is -4.38. The third-order valence-electron chi connectivity index (χ3n) is 3.75. The highest BCUT2D eigenvalue weighted by molar-refractivity contribution is 8.00. The highest BCUT2D eigenvalue weighted by Crippen LogP contribution is 2.37. The Bertz CT molecular complexity index is 961. The fourth-order valence-corrected chi connectivity index (χ4v) is 3.30. The molecule has 0 saturated carbocycles. The van der Waals surface area contributed by atoms with E-state index in [1.165, 1.54) is 33.8 Å². The minimum Gasteiger partial charge on any atom is -0.304 e. The van der Waals surface area contributed by atoms with E-state index in [1.54, 1.807) is 37.6 Å². The maximum absolute atomic E-state index is 12.9. The number of carbonyl (C=O) groups excluding carboxylic acids is 1. The molecule has 0 aliphatic carbocycles. The second-order valence-electron chi connectivity index (χ2n) is 5.58. The van der Waals surface area contributed by atoms with Crippen LogP contribution in [-0.2, 0) is 0 Å². The Hall–Kier alpha value is -2.52. The Kier molecular flexibility index (Phi) is 5.95. The van der Waals surface area contributed by atoms with E-state index in [-0.39, 0.29) is 27.4 Å². The van der Waals surface area contributed by atoms with Crippen molar-refractivity contribution in [2.24, 2.45) is 0 Å². The Morgan fingerprint density at radius 2 is 1.96 bits per heavy atom. The molecule has 3 rings (SSSR count). The average molecular weight is 427 g/mol. The topological polar surface area (TPSA) is 51.0 Å².